The lowest BCUT2D eigenvalue weighted by Gasteiger charge is -2.56. The van der Waals surface area contributed by atoms with Gasteiger partial charge in [0.2, 0.25) is 0 Å². The lowest BCUT2D eigenvalue weighted by molar-refractivity contribution is -0.0166. The summed E-state index contributed by atoms with van der Waals surface area (Å²) in [6.07, 6.45) is 7.85. The van der Waals surface area contributed by atoms with Gasteiger partial charge in [-0.25, -0.2) is 0 Å². The van der Waals surface area contributed by atoms with E-state index in [0.29, 0.717) is 6.54 Å². The zero-order valence-electron chi connectivity index (χ0n) is 11.7. The minimum Gasteiger partial charge on any atom is -0.346 e. The van der Waals surface area contributed by atoms with Crippen LogP contribution in [-0.2, 0) is 6.54 Å². The van der Waals surface area contributed by atoms with E-state index >= 15 is 0 Å². The van der Waals surface area contributed by atoms with Crippen LogP contribution in [0.2, 0.25) is 0 Å². The summed E-state index contributed by atoms with van der Waals surface area (Å²) in [5.74, 6) is 2.72. The van der Waals surface area contributed by atoms with Crippen molar-refractivity contribution in [3.63, 3.8) is 0 Å². The average Bonchev–Trinajstić information content (AvgIpc) is 2.85. The Hall–Kier alpha value is -0.870. The second kappa shape index (κ2) is 4.57. The van der Waals surface area contributed by atoms with Crippen LogP contribution in [0.3, 0.4) is 0 Å². The molecule has 1 aromatic heterocycles. The van der Waals surface area contributed by atoms with E-state index in [9.17, 15) is 4.79 Å². The van der Waals surface area contributed by atoms with E-state index in [-0.39, 0.29) is 11.4 Å². The molecule has 3 nitrogen and oxygen atoms in total. The lowest BCUT2D eigenvalue weighted by Crippen LogP contribution is -2.59. The molecule has 3 N–H and O–H groups in total. The third-order valence-corrected chi connectivity index (χ3v) is 6.61. The van der Waals surface area contributed by atoms with Crippen molar-refractivity contribution in [1.82, 2.24) is 5.32 Å². The molecule has 0 spiro atoms. The van der Waals surface area contributed by atoms with Crippen LogP contribution in [0.5, 0.6) is 0 Å². The van der Waals surface area contributed by atoms with Gasteiger partial charge in [0, 0.05) is 17.0 Å². The van der Waals surface area contributed by atoms with E-state index in [1.807, 2.05) is 12.1 Å². The molecule has 4 saturated carbocycles. The van der Waals surface area contributed by atoms with E-state index < -0.39 is 0 Å². The van der Waals surface area contributed by atoms with Crippen molar-refractivity contribution >= 4 is 17.2 Å². The molecule has 1 aromatic rings. The normalized spacial score (nSPS) is 38.1. The molecular formula is C16H22N2OS. The predicted molar refractivity (Wildman–Crippen MR) is 80.6 cm³/mol. The quantitative estimate of drug-likeness (QED) is 0.899. The van der Waals surface area contributed by atoms with E-state index in [1.54, 1.807) is 0 Å². The second-order valence-corrected chi connectivity index (χ2v) is 8.29. The number of carbonyl (C=O) groups excluding carboxylic acids is 1. The molecule has 0 aliphatic heterocycles. The van der Waals surface area contributed by atoms with E-state index in [1.165, 1.54) is 49.9 Å². The van der Waals surface area contributed by atoms with Gasteiger partial charge in [-0.2, -0.15) is 0 Å². The van der Waals surface area contributed by atoms with E-state index in [4.69, 9.17) is 5.73 Å². The van der Waals surface area contributed by atoms with Crippen molar-refractivity contribution < 1.29 is 4.79 Å². The van der Waals surface area contributed by atoms with E-state index in [0.717, 1.165) is 27.5 Å². The molecule has 0 unspecified atom stereocenters. The molecule has 0 radical (unpaired) electrons. The molecule has 4 aliphatic rings. The molecule has 4 bridgehead atoms. The first-order valence-electron chi connectivity index (χ1n) is 7.77. The van der Waals surface area contributed by atoms with Gasteiger partial charge >= 0.3 is 0 Å². The third-order valence-electron chi connectivity index (χ3n) is 5.50. The van der Waals surface area contributed by atoms with Gasteiger partial charge in [0.25, 0.3) is 5.91 Å². The highest BCUT2D eigenvalue weighted by atomic mass is 32.1. The molecular weight excluding hydrogens is 268 g/mol. The van der Waals surface area contributed by atoms with Crippen LogP contribution in [0.25, 0.3) is 0 Å². The van der Waals surface area contributed by atoms with Gasteiger partial charge in [-0.1, -0.05) is 0 Å². The summed E-state index contributed by atoms with van der Waals surface area (Å²) < 4.78 is 0. The zero-order chi connectivity index (χ0) is 13.7. The van der Waals surface area contributed by atoms with Gasteiger partial charge in [-0.15, -0.1) is 11.3 Å². The fraction of sp³-hybridized carbons (Fsp3) is 0.688. The standard InChI is InChI=1S/C16H22N2OS/c17-9-13-1-2-14(20-13)15(19)18-16-6-10-3-11(7-16)5-12(4-10)8-16/h1-2,10-12H,3-9,17H2,(H,18,19). The van der Waals surface area contributed by atoms with Crippen LogP contribution in [0.4, 0.5) is 0 Å². The molecule has 1 heterocycles. The first-order valence-corrected chi connectivity index (χ1v) is 8.59. The van der Waals surface area contributed by atoms with Crippen LogP contribution in [0.1, 0.15) is 53.1 Å². The van der Waals surface area contributed by atoms with Gasteiger partial charge in [0.05, 0.1) is 4.88 Å². The Morgan fingerprint density at radius 1 is 1.20 bits per heavy atom. The molecule has 4 fully saturated rings. The molecule has 0 saturated heterocycles. The maximum atomic E-state index is 12.5. The van der Waals surface area contributed by atoms with Crippen molar-refractivity contribution in [3.05, 3.63) is 21.9 Å². The largest absolute Gasteiger partial charge is 0.346 e. The highest BCUT2D eigenvalue weighted by Gasteiger charge is 2.51. The Balaban J connectivity index is 1.52. The lowest BCUT2D eigenvalue weighted by atomic mass is 9.53. The maximum absolute atomic E-state index is 12.5. The number of nitrogens with two attached hydrogens (primary N) is 1. The molecule has 0 atom stereocenters. The molecule has 5 rings (SSSR count). The SMILES string of the molecule is NCc1ccc(C(=O)NC23CC4CC(CC(C4)C2)C3)s1. The Kier molecular flexibility index (Phi) is 2.93. The number of carbonyl (C=O) groups is 1. The van der Waals surface area contributed by atoms with Gasteiger partial charge < -0.3 is 11.1 Å². The summed E-state index contributed by atoms with van der Waals surface area (Å²) in [5.41, 5.74) is 5.74. The Morgan fingerprint density at radius 3 is 2.30 bits per heavy atom. The molecule has 4 heteroatoms. The minimum atomic E-state index is 0.110. The average molecular weight is 290 g/mol. The second-order valence-electron chi connectivity index (χ2n) is 7.12. The molecule has 108 valence electrons. The number of hydrogen-bond acceptors (Lipinski definition) is 3. The monoisotopic (exact) mass is 290 g/mol. The highest BCUT2D eigenvalue weighted by Crippen LogP contribution is 2.55. The van der Waals surface area contributed by atoms with Crippen molar-refractivity contribution in [2.75, 3.05) is 0 Å². The van der Waals surface area contributed by atoms with Crippen molar-refractivity contribution in [2.45, 2.75) is 50.6 Å². The fourth-order valence-corrected chi connectivity index (χ4v) is 5.96. The number of rotatable bonds is 3. The highest BCUT2D eigenvalue weighted by molar-refractivity contribution is 7.14. The third kappa shape index (κ3) is 2.09. The topological polar surface area (TPSA) is 55.1 Å². The molecule has 4 aliphatic carbocycles. The first-order chi connectivity index (χ1) is 9.66. The van der Waals surface area contributed by atoms with Crippen LogP contribution in [-0.4, -0.2) is 11.4 Å². The summed E-state index contributed by atoms with van der Waals surface area (Å²) in [7, 11) is 0. The van der Waals surface area contributed by atoms with E-state index in [2.05, 4.69) is 5.32 Å². The number of thiophene rings is 1. The van der Waals surface area contributed by atoms with Gasteiger partial charge in [0.15, 0.2) is 0 Å². The summed E-state index contributed by atoms with van der Waals surface area (Å²) in [5, 5.41) is 3.41. The Morgan fingerprint density at radius 2 is 1.80 bits per heavy atom. The van der Waals surface area contributed by atoms with Crippen molar-refractivity contribution in [2.24, 2.45) is 23.5 Å². The molecule has 0 aromatic carbocycles. The van der Waals surface area contributed by atoms with Crippen LogP contribution >= 0.6 is 11.3 Å². The van der Waals surface area contributed by atoms with Crippen LogP contribution in [0, 0.1) is 17.8 Å². The number of hydrogen-bond donors (Lipinski definition) is 2. The number of amides is 1. The van der Waals surface area contributed by atoms with Crippen LogP contribution in [0.15, 0.2) is 12.1 Å². The predicted octanol–water partition coefficient (Wildman–Crippen LogP) is 2.91. The zero-order valence-corrected chi connectivity index (χ0v) is 12.5. The molecule has 20 heavy (non-hydrogen) atoms. The Labute approximate surface area is 123 Å². The number of nitrogens with one attached hydrogen (secondary N) is 1. The van der Waals surface area contributed by atoms with Gasteiger partial charge in [-0.05, 0) is 68.4 Å². The van der Waals surface area contributed by atoms with Crippen molar-refractivity contribution in [3.8, 4) is 0 Å². The molecule has 1 amide bonds. The van der Waals surface area contributed by atoms with Gasteiger partial charge in [0.1, 0.15) is 0 Å². The summed E-state index contributed by atoms with van der Waals surface area (Å²) >= 11 is 1.53. The summed E-state index contributed by atoms with van der Waals surface area (Å²) in [4.78, 5) is 14.4. The maximum Gasteiger partial charge on any atom is 0.261 e. The summed E-state index contributed by atoms with van der Waals surface area (Å²) in [6, 6.07) is 3.89. The smallest absolute Gasteiger partial charge is 0.261 e. The van der Waals surface area contributed by atoms with Crippen LogP contribution < -0.4 is 11.1 Å². The summed E-state index contributed by atoms with van der Waals surface area (Å²) in [6.45, 7) is 0.523. The fourth-order valence-electron chi connectivity index (χ4n) is 5.18. The van der Waals surface area contributed by atoms with Gasteiger partial charge in [-0.3, -0.25) is 4.79 Å². The Bertz CT molecular complexity index is 501. The van der Waals surface area contributed by atoms with Crippen molar-refractivity contribution in [1.29, 1.82) is 0 Å². The minimum absolute atomic E-state index is 0.110. The first kappa shape index (κ1) is 12.8.